The molecular formula is C21H26N2O3S. The minimum absolute atomic E-state index is 0.0221. The van der Waals surface area contributed by atoms with Gasteiger partial charge in [-0.25, -0.2) is 0 Å². The number of nitrogens with zero attached hydrogens (tertiary/aromatic N) is 1. The van der Waals surface area contributed by atoms with Gasteiger partial charge in [-0.2, -0.15) is 0 Å². The van der Waals surface area contributed by atoms with Gasteiger partial charge in [-0.15, -0.1) is 11.8 Å². The Morgan fingerprint density at radius 3 is 2.41 bits per heavy atom. The molecule has 0 aliphatic heterocycles. The third kappa shape index (κ3) is 6.32. The van der Waals surface area contributed by atoms with Crippen LogP contribution < -0.4 is 10.1 Å². The van der Waals surface area contributed by atoms with Crippen LogP contribution in [0.2, 0.25) is 0 Å². The number of rotatable bonds is 9. The molecule has 0 aromatic heterocycles. The largest absolute Gasteiger partial charge is 0.497 e. The summed E-state index contributed by atoms with van der Waals surface area (Å²) in [6.45, 7) is 5.23. The summed E-state index contributed by atoms with van der Waals surface area (Å²) in [6.07, 6.45) is 0.394. The van der Waals surface area contributed by atoms with Gasteiger partial charge in [0.05, 0.1) is 7.11 Å². The molecule has 0 bridgehead atoms. The quantitative estimate of drug-likeness (QED) is 0.653. The van der Waals surface area contributed by atoms with Crippen molar-refractivity contribution in [3.8, 4) is 5.75 Å². The number of carbonyl (C=O) groups excluding carboxylic acids is 2. The summed E-state index contributed by atoms with van der Waals surface area (Å²) < 4.78 is 5.13. The Morgan fingerprint density at radius 2 is 1.78 bits per heavy atom. The summed E-state index contributed by atoms with van der Waals surface area (Å²) >= 11 is 1.62. The number of ether oxygens (including phenoxy) is 1. The van der Waals surface area contributed by atoms with Crippen LogP contribution in [0.4, 0.5) is 5.69 Å². The molecule has 0 aliphatic carbocycles. The molecule has 6 heteroatoms. The van der Waals surface area contributed by atoms with Gasteiger partial charge in [-0.1, -0.05) is 6.07 Å². The highest BCUT2D eigenvalue weighted by molar-refractivity contribution is 7.99. The molecule has 0 fully saturated rings. The predicted octanol–water partition coefficient (Wildman–Crippen LogP) is 4.30. The predicted molar refractivity (Wildman–Crippen MR) is 111 cm³/mol. The van der Waals surface area contributed by atoms with Gasteiger partial charge in [0.2, 0.25) is 5.91 Å². The van der Waals surface area contributed by atoms with Gasteiger partial charge >= 0.3 is 0 Å². The van der Waals surface area contributed by atoms with Crippen LogP contribution in [0.3, 0.4) is 0 Å². The average molecular weight is 387 g/mol. The monoisotopic (exact) mass is 386 g/mol. The maximum atomic E-state index is 12.4. The molecule has 2 amide bonds. The Morgan fingerprint density at radius 1 is 1.07 bits per heavy atom. The van der Waals surface area contributed by atoms with Gasteiger partial charge in [-0.05, 0) is 56.3 Å². The fraction of sp³-hybridized carbons (Fsp3) is 0.333. The lowest BCUT2D eigenvalue weighted by atomic mass is 10.1. The topological polar surface area (TPSA) is 58.6 Å². The first-order valence-corrected chi connectivity index (χ1v) is 10.0. The number of amides is 2. The standard InChI is InChI=1S/C21H26N2O3S/c1-4-23(5-2)21(25)16-7-6-8-17(15-16)22-20(24)13-14-27-19-11-9-18(26-3)10-12-19/h6-12,15H,4-5,13-14H2,1-3H3,(H,22,24). The molecule has 27 heavy (non-hydrogen) atoms. The summed E-state index contributed by atoms with van der Waals surface area (Å²) in [5, 5.41) is 2.87. The van der Waals surface area contributed by atoms with Crippen LogP contribution in [0.1, 0.15) is 30.6 Å². The number of nitrogens with one attached hydrogen (secondary N) is 1. The van der Waals surface area contributed by atoms with Crippen molar-refractivity contribution in [1.29, 1.82) is 0 Å². The summed E-state index contributed by atoms with van der Waals surface area (Å²) in [4.78, 5) is 27.5. The molecule has 0 heterocycles. The van der Waals surface area contributed by atoms with Crippen molar-refractivity contribution in [2.75, 3.05) is 31.3 Å². The average Bonchev–Trinajstić information content (AvgIpc) is 2.69. The minimum atomic E-state index is -0.0663. The SMILES string of the molecule is CCN(CC)C(=O)c1cccc(NC(=O)CCSc2ccc(OC)cc2)c1. The van der Waals surface area contributed by atoms with E-state index < -0.39 is 0 Å². The van der Waals surface area contributed by atoms with Crippen molar-refractivity contribution in [2.24, 2.45) is 0 Å². The zero-order valence-corrected chi connectivity index (χ0v) is 16.8. The molecule has 0 unspecified atom stereocenters. The summed E-state index contributed by atoms with van der Waals surface area (Å²) in [7, 11) is 1.64. The van der Waals surface area contributed by atoms with E-state index in [1.807, 2.05) is 38.1 Å². The van der Waals surface area contributed by atoms with Crippen LogP contribution in [0.15, 0.2) is 53.4 Å². The van der Waals surface area contributed by atoms with Crippen LogP contribution in [-0.4, -0.2) is 42.7 Å². The lowest BCUT2D eigenvalue weighted by molar-refractivity contribution is -0.115. The van der Waals surface area contributed by atoms with Crippen molar-refractivity contribution in [1.82, 2.24) is 4.90 Å². The Balaban J connectivity index is 1.86. The van der Waals surface area contributed by atoms with Crippen LogP contribution in [-0.2, 0) is 4.79 Å². The fourth-order valence-corrected chi connectivity index (χ4v) is 3.43. The number of thioether (sulfide) groups is 1. The van der Waals surface area contributed by atoms with E-state index in [-0.39, 0.29) is 11.8 Å². The van der Waals surface area contributed by atoms with E-state index in [9.17, 15) is 9.59 Å². The lowest BCUT2D eigenvalue weighted by Gasteiger charge is -2.19. The zero-order valence-electron chi connectivity index (χ0n) is 16.0. The zero-order chi connectivity index (χ0) is 19.6. The van der Waals surface area contributed by atoms with Gasteiger partial charge in [0, 0.05) is 41.4 Å². The first-order chi connectivity index (χ1) is 13.1. The Bertz CT molecular complexity index is 758. The van der Waals surface area contributed by atoms with E-state index in [4.69, 9.17) is 4.74 Å². The van der Waals surface area contributed by atoms with Crippen LogP contribution in [0, 0.1) is 0 Å². The van der Waals surface area contributed by atoms with E-state index in [2.05, 4.69) is 5.32 Å². The van der Waals surface area contributed by atoms with Crippen LogP contribution in [0.5, 0.6) is 5.75 Å². The number of hydrogen-bond donors (Lipinski definition) is 1. The molecule has 2 rings (SSSR count). The van der Waals surface area contributed by atoms with E-state index in [1.54, 1.807) is 48.0 Å². The number of hydrogen-bond acceptors (Lipinski definition) is 4. The first-order valence-electron chi connectivity index (χ1n) is 9.03. The van der Waals surface area contributed by atoms with Gasteiger partial charge in [-0.3, -0.25) is 9.59 Å². The molecule has 144 valence electrons. The maximum absolute atomic E-state index is 12.4. The molecule has 0 saturated heterocycles. The normalized spacial score (nSPS) is 10.3. The van der Waals surface area contributed by atoms with Crippen molar-refractivity contribution < 1.29 is 14.3 Å². The fourth-order valence-electron chi connectivity index (χ4n) is 2.58. The summed E-state index contributed by atoms with van der Waals surface area (Å²) in [5.74, 6) is 1.40. The molecule has 1 N–H and O–H groups in total. The molecule has 0 saturated carbocycles. The Kier molecular flexibility index (Phi) is 8.20. The second kappa shape index (κ2) is 10.6. The van der Waals surface area contributed by atoms with E-state index in [0.717, 1.165) is 10.6 Å². The van der Waals surface area contributed by atoms with Gasteiger partial charge in [0.25, 0.3) is 5.91 Å². The smallest absolute Gasteiger partial charge is 0.253 e. The highest BCUT2D eigenvalue weighted by Gasteiger charge is 2.13. The van der Waals surface area contributed by atoms with E-state index >= 15 is 0 Å². The van der Waals surface area contributed by atoms with Crippen molar-refractivity contribution >= 4 is 29.3 Å². The molecule has 0 atom stereocenters. The van der Waals surface area contributed by atoms with Gasteiger partial charge in [0.15, 0.2) is 0 Å². The van der Waals surface area contributed by atoms with E-state index in [0.29, 0.717) is 36.5 Å². The lowest BCUT2D eigenvalue weighted by Crippen LogP contribution is -2.30. The molecule has 2 aromatic carbocycles. The molecular weight excluding hydrogens is 360 g/mol. The van der Waals surface area contributed by atoms with E-state index in [1.165, 1.54) is 0 Å². The van der Waals surface area contributed by atoms with Gasteiger partial charge in [0.1, 0.15) is 5.75 Å². The highest BCUT2D eigenvalue weighted by atomic mass is 32.2. The summed E-state index contributed by atoms with van der Waals surface area (Å²) in [5.41, 5.74) is 1.23. The van der Waals surface area contributed by atoms with Crippen LogP contribution in [0.25, 0.3) is 0 Å². The first kappa shape index (κ1) is 20.8. The number of methoxy groups -OCH3 is 1. The Hall–Kier alpha value is -2.47. The molecule has 0 spiro atoms. The van der Waals surface area contributed by atoms with Crippen molar-refractivity contribution in [3.63, 3.8) is 0 Å². The maximum Gasteiger partial charge on any atom is 0.253 e. The van der Waals surface area contributed by atoms with Gasteiger partial charge < -0.3 is 15.0 Å². The number of carbonyl (C=O) groups is 2. The minimum Gasteiger partial charge on any atom is -0.497 e. The van der Waals surface area contributed by atoms with Crippen LogP contribution >= 0.6 is 11.8 Å². The van der Waals surface area contributed by atoms with Crippen molar-refractivity contribution in [2.45, 2.75) is 25.2 Å². The van der Waals surface area contributed by atoms with Crippen molar-refractivity contribution in [3.05, 3.63) is 54.1 Å². The molecule has 2 aromatic rings. The molecule has 0 radical (unpaired) electrons. The summed E-state index contributed by atoms with van der Waals surface area (Å²) in [6, 6.07) is 14.9. The Labute approximate surface area is 165 Å². The highest BCUT2D eigenvalue weighted by Crippen LogP contribution is 2.22. The third-order valence-electron chi connectivity index (χ3n) is 4.10. The molecule has 0 aliphatic rings. The molecule has 5 nitrogen and oxygen atoms in total. The third-order valence-corrected chi connectivity index (χ3v) is 5.11. The number of benzene rings is 2. The second-order valence-electron chi connectivity index (χ2n) is 5.88. The second-order valence-corrected chi connectivity index (χ2v) is 7.05. The number of anilines is 1.